The van der Waals surface area contributed by atoms with Crippen LogP contribution in [0.25, 0.3) is 11.3 Å². The maximum absolute atomic E-state index is 15.3. The number of rotatable bonds is 39. The predicted molar refractivity (Wildman–Crippen MR) is 297 cm³/mol. The molecule has 3 atom stereocenters. The Balaban J connectivity index is 0.0000100. The summed E-state index contributed by atoms with van der Waals surface area (Å²) in [6, 6.07) is 12.6. The van der Waals surface area contributed by atoms with Crippen LogP contribution in [0.1, 0.15) is 96.1 Å². The molecule has 3 aromatic rings. The molecular formula is C55H88FN9O11S. The van der Waals surface area contributed by atoms with Gasteiger partial charge in [0.25, 0.3) is 0 Å². The molecule has 3 unspecified atom stereocenters. The molecule has 77 heavy (non-hydrogen) atoms. The van der Waals surface area contributed by atoms with Gasteiger partial charge in [-0.2, -0.15) is 0 Å². The van der Waals surface area contributed by atoms with Crippen molar-refractivity contribution in [1.29, 1.82) is 0 Å². The minimum absolute atomic E-state index is 0.0131. The fourth-order valence-corrected chi connectivity index (χ4v) is 8.83. The minimum Gasteiger partial charge on any atom is -0.387 e. The highest BCUT2D eigenvalue weighted by molar-refractivity contribution is 8.00. The highest BCUT2D eigenvalue weighted by atomic mass is 32.2. The van der Waals surface area contributed by atoms with E-state index in [2.05, 4.69) is 16.0 Å². The number of nitrogens with zero attached hydrogens (tertiary/aromatic N) is 4. The first-order valence-electron chi connectivity index (χ1n) is 26.7. The molecule has 1 aromatic heterocycles. The van der Waals surface area contributed by atoms with Gasteiger partial charge in [-0.1, -0.05) is 83.0 Å². The van der Waals surface area contributed by atoms with Crippen molar-refractivity contribution >= 4 is 47.6 Å². The Bertz CT molecular complexity index is 2180. The van der Waals surface area contributed by atoms with Crippen LogP contribution in [0.3, 0.4) is 0 Å². The van der Waals surface area contributed by atoms with Gasteiger partial charge in [0.2, 0.25) is 29.5 Å². The minimum atomic E-state index is -1.07. The number of amides is 5. The van der Waals surface area contributed by atoms with Gasteiger partial charge in [-0.05, 0) is 55.8 Å². The van der Waals surface area contributed by atoms with Crippen LogP contribution in [0.2, 0.25) is 0 Å². The summed E-state index contributed by atoms with van der Waals surface area (Å²) in [7, 11) is 1.47. The Kier molecular flexibility index (Phi) is 34.4. The van der Waals surface area contributed by atoms with Crippen LogP contribution in [0, 0.1) is 18.2 Å². The van der Waals surface area contributed by atoms with E-state index < -0.39 is 58.8 Å². The molecular weight excluding hydrogens is 1010 g/mol. The van der Waals surface area contributed by atoms with Crippen molar-refractivity contribution in [3.8, 4) is 11.3 Å². The van der Waals surface area contributed by atoms with Crippen molar-refractivity contribution in [3.05, 3.63) is 77.5 Å². The molecule has 20 nitrogen and oxygen atoms in total. The van der Waals surface area contributed by atoms with E-state index in [0.717, 1.165) is 30.4 Å². The van der Waals surface area contributed by atoms with Gasteiger partial charge in [-0.3, -0.25) is 24.0 Å². The number of carbonyl (C=O) groups excluding carboxylic acids is 6. The third kappa shape index (κ3) is 26.7. The van der Waals surface area contributed by atoms with Crippen molar-refractivity contribution in [3.63, 3.8) is 0 Å². The Labute approximate surface area is 459 Å². The second-order valence-corrected chi connectivity index (χ2v) is 20.3. The number of unbranched alkanes of at least 4 members (excludes halogenated alkanes) is 2. The molecule has 0 saturated carbocycles. The number of thioether (sulfide) groups is 1. The van der Waals surface area contributed by atoms with E-state index in [1.165, 1.54) is 34.7 Å². The fraction of sp³-hybridized carbons (Fsp3) is 0.618. The summed E-state index contributed by atoms with van der Waals surface area (Å²) in [4.78, 5) is 83.6. The number of aliphatic hydroxyl groups is 1. The molecule has 1 heterocycles. The molecule has 0 saturated heterocycles. The highest BCUT2D eigenvalue weighted by Gasteiger charge is 2.39. The van der Waals surface area contributed by atoms with E-state index in [1.54, 1.807) is 18.3 Å². The number of aromatic nitrogens is 2. The monoisotopic (exact) mass is 1100 g/mol. The standard InChI is InChI=1S/C53H82FN9O11S.C2H6/c1-39-14-15-42(54)41(34-39)44-36-62(35-40-12-8-6-9-13-40)50(60-44)49(53(2,3)4)63(48(68)38-65)23-16-43(56)51(69)59-22-21-58-47(67)37-61(5)52(70)45(17-24-64)75-33-32-74-31-30-73-29-28-72-27-26-71-25-18-46(66)57-20-11-7-10-19-55;1-2/h6,8-9,12-15,24,34,36,43,45,49,65H,7,10-11,16-23,25-33,35,37-38,55-56H2,1-5H3,(H,57,66)(H,58,67)(H,59,69);1-2H3. The zero-order valence-corrected chi connectivity index (χ0v) is 47.3. The number of benzene rings is 2. The van der Waals surface area contributed by atoms with E-state index in [9.17, 15) is 33.9 Å². The second kappa shape index (κ2) is 39.1. The average molecular weight is 1100 g/mol. The van der Waals surface area contributed by atoms with Gasteiger partial charge in [0.05, 0.1) is 82.4 Å². The van der Waals surface area contributed by atoms with Crippen molar-refractivity contribution in [1.82, 2.24) is 35.3 Å². The van der Waals surface area contributed by atoms with Gasteiger partial charge in [0.1, 0.15) is 24.5 Å². The summed E-state index contributed by atoms with van der Waals surface area (Å²) >= 11 is 1.25. The van der Waals surface area contributed by atoms with Gasteiger partial charge in [0.15, 0.2) is 0 Å². The van der Waals surface area contributed by atoms with Crippen LogP contribution in [0.15, 0.2) is 54.7 Å². The Morgan fingerprint density at radius 1 is 0.857 bits per heavy atom. The smallest absolute Gasteiger partial charge is 0.248 e. The maximum Gasteiger partial charge on any atom is 0.248 e. The number of hydrogen-bond acceptors (Lipinski definition) is 15. The molecule has 8 N–H and O–H groups in total. The number of aldehydes is 1. The summed E-state index contributed by atoms with van der Waals surface area (Å²) in [5.74, 6) is -1.60. The number of imidazole rings is 1. The molecule has 22 heteroatoms. The molecule has 0 aliphatic carbocycles. The zero-order chi connectivity index (χ0) is 57.0. The number of aliphatic hydroxyl groups excluding tert-OH is 1. The molecule has 3 rings (SSSR count). The predicted octanol–water partition coefficient (Wildman–Crippen LogP) is 3.78. The summed E-state index contributed by atoms with van der Waals surface area (Å²) in [6.45, 7) is 15.1. The van der Waals surface area contributed by atoms with Crippen LogP contribution >= 0.6 is 11.8 Å². The zero-order valence-electron chi connectivity index (χ0n) is 46.5. The number of nitrogens with two attached hydrogens (primary N) is 2. The first kappa shape index (κ1) is 67.8. The van der Waals surface area contributed by atoms with Crippen LogP contribution in [0.4, 0.5) is 4.39 Å². The average Bonchev–Trinajstić information content (AvgIpc) is 3.82. The van der Waals surface area contributed by atoms with Gasteiger partial charge in [-0.15, -0.1) is 11.8 Å². The Hall–Kier alpha value is -5.33. The number of hydrogen-bond donors (Lipinski definition) is 6. The molecule has 432 valence electrons. The maximum atomic E-state index is 15.3. The summed E-state index contributed by atoms with van der Waals surface area (Å²) in [5.41, 5.74) is 13.6. The normalized spacial score (nSPS) is 12.4. The van der Waals surface area contributed by atoms with E-state index >= 15 is 4.39 Å². The number of likely N-dealkylation sites (N-methyl/N-ethyl adjacent to an activating group) is 1. The lowest BCUT2D eigenvalue weighted by atomic mass is 9.84. The van der Waals surface area contributed by atoms with Crippen molar-refractivity contribution < 1.29 is 57.2 Å². The number of aryl methyl sites for hydroxylation is 1. The lowest BCUT2D eigenvalue weighted by Crippen LogP contribution is -2.48. The van der Waals surface area contributed by atoms with Gasteiger partial charge in [-0.25, -0.2) is 9.37 Å². The highest BCUT2D eigenvalue weighted by Crippen LogP contribution is 2.39. The number of ether oxygens (including phenoxy) is 4. The third-order valence-corrected chi connectivity index (χ3v) is 12.9. The SMILES string of the molecule is CC.Cc1ccc(F)c(-c2cn(Cc3ccccc3)c(C(N(CCC(N)C(=O)NCCNC(=O)CN(C)C(=O)C(CC=O)SCCOCCOCCOCCOCCC(=O)NCCCCCN)C(=O)CO)C(C)(C)C)n2)c1. The van der Waals surface area contributed by atoms with E-state index in [0.29, 0.717) is 108 Å². The van der Waals surface area contributed by atoms with E-state index in [-0.39, 0.29) is 44.9 Å². The van der Waals surface area contributed by atoms with Crippen LogP contribution < -0.4 is 27.4 Å². The summed E-state index contributed by atoms with van der Waals surface area (Å²) in [5, 5.41) is 17.7. The van der Waals surface area contributed by atoms with Crippen molar-refractivity contribution in [2.75, 3.05) is 112 Å². The Morgan fingerprint density at radius 3 is 2.10 bits per heavy atom. The quantitative estimate of drug-likeness (QED) is 0.0351. The number of carbonyl (C=O) groups is 6. The Morgan fingerprint density at radius 2 is 1.48 bits per heavy atom. The molecule has 2 aromatic carbocycles. The molecule has 0 bridgehead atoms. The third-order valence-electron chi connectivity index (χ3n) is 11.7. The first-order valence-corrected chi connectivity index (χ1v) is 27.7. The number of halogens is 1. The van der Waals surface area contributed by atoms with Crippen LogP contribution in [0.5, 0.6) is 0 Å². The first-order chi connectivity index (χ1) is 37.0. The second-order valence-electron chi connectivity index (χ2n) is 19.0. The van der Waals surface area contributed by atoms with E-state index in [4.69, 9.17) is 35.4 Å². The lowest BCUT2D eigenvalue weighted by Gasteiger charge is -2.40. The van der Waals surface area contributed by atoms with Crippen molar-refractivity contribution in [2.24, 2.45) is 16.9 Å². The molecule has 0 radical (unpaired) electrons. The number of nitrogens with one attached hydrogen (secondary N) is 3. The summed E-state index contributed by atoms with van der Waals surface area (Å²) in [6.07, 6.45) is 5.55. The topological polar surface area (TPSA) is 272 Å². The largest absolute Gasteiger partial charge is 0.387 e. The molecule has 0 spiro atoms. The molecule has 5 amide bonds. The summed E-state index contributed by atoms with van der Waals surface area (Å²) < 4.78 is 39.2. The lowest BCUT2D eigenvalue weighted by molar-refractivity contribution is -0.140. The molecule has 0 aliphatic rings. The van der Waals surface area contributed by atoms with Crippen LogP contribution in [-0.2, 0) is 54.3 Å². The van der Waals surface area contributed by atoms with Gasteiger partial charge >= 0.3 is 0 Å². The fourth-order valence-electron chi connectivity index (χ4n) is 7.79. The van der Waals surface area contributed by atoms with E-state index in [1.807, 2.05) is 76.4 Å². The molecule has 0 aliphatic heterocycles. The molecule has 0 fully saturated rings. The van der Waals surface area contributed by atoms with Gasteiger partial charge in [0, 0.05) is 70.1 Å². The van der Waals surface area contributed by atoms with Crippen LogP contribution in [-0.4, -0.2) is 183 Å². The van der Waals surface area contributed by atoms with Gasteiger partial charge < -0.3 is 70.6 Å². The van der Waals surface area contributed by atoms with Crippen molar-refractivity contribution in [2.45, 2.75) is 104 Å².